The van der Waals surface area contributed by atoms with Crippen molar-refractivity contribution in [2.45, 2.75) is 18.7 Å². The van der Waals surface area contributed by atoms with Crippen molar-refractivity contribution in [3.05, 3.63) is 5.01 Å². The normalized spacial score (nSPS) is 13.0. The first-order valence-electron chi connectivity index (χ1n) is 3.75. The predicted octanol–water partition coefficient (Wildman–Crippen LogP) is 2.07. The van der Waals surface area contributed by atoms with E-state index in [1.165, 1.54) is 0 Å². The topological polar surface area (TPSA) is 29.0 Å². The quantitative estimate of drug-likeness (QED) is 0.769. The molecule has 1 heterocycles. The molecular formula is C7H12BrN3S. The van der Waals surface area contributed by atoms with Crippen LogP contribution in [0.3, 0.4) is 0 Å². The van der Waals surface area contributed by atoms with Crippen molar-refractivity contribution in [3.63, 3.8) is 0 Å². The summed E-state index contributed by atoms with van der Waals surface area (Å²) in [5.74, 6) is 0. The summed E-state index contributed by atoms with van der Waals surface area (Å²) in [6.45, 7) is 5.03. The van der Waals surface area contributed by atoms with Crippen LogP contribution in [0.25, 0.3) is 0 Å². The number of anilines is 1. The number of halogens is 1. The van der Waals surface area contributed by atoms with E-state index < -0.39 is 0 Å². The third kappa shape index (κ3) is 2.71. The fourth-order valence-corrected chi connectivity index (χ4v) is 1.99. The lowest BCUT2D eigenvalue weighted by atomic mass is 10.4. The Morgan fingerprint density at radius 2 is 2.25 bits per heavy atom. The maximum absolute atomic E-state index is 4.04. The summed E-state index contributed by atoms with van der Waals surface area (Å²) in [5, 5.41) is 10.00. The molecule has 5 heteroatoms. The van der Waals surface area contributed by atoms with Gasteiger partial charge in [-0.1, -0.05) is 34.2 Å². The second kappa shape index (κ2) is 4.18. The molecule has 0 saturated carbocycles. The average molecular weight is 250 g/mol. The van der Waals surface area contributed by atoms with Gasteiger partial charge in [0.15, 0.2) is 0 Å². The second-order valence-corrected chi connectivity index (χ2v) is 5.49. The molecule has 0 fully saturated rings. The number of rotatable bonds is 3. The maximum Gasteiger partial charge on any atom is 0.208 e. The third-order valence-corrected chi connectivity index (χ3v) is 2.61. The van der Waals surface area contributed by atoms with Crippen molar-refractivity contribution in [3.8, 4) is 0 Å². The van der Waals surface area contributed by atoms with Gasteiger partial charge >= 0.3 is 0 Å². The lowest BCUT2D eigenvalue weighted by molar-refractivity contribution is 0.858. The van der Waals surface area contributed by atoms with Crippen molar-refractivity contribution in [1.29, 1.82) is 0 Å². The Kier molecular flexibility index (Phi) is 3.46. The van der Waals surface area contributed by atoms with Gasteiger partial charge in [0.25, 0.3) is 0 Å². The molecule has 68 valence electrons. The molecule has 0 amide bonds. The van der Waals surface area contributed by atoms with Crippen molar-refractivity contribution in [2.24, 2.45) is 0 Å². The highest BCUT2D eigenvalue weighted by atomic mass is 79.9. The van der Waals surface area contributed by atoms with Gasteiger partial charge in [-0.3, -0.25) is 0 Å². The number of hydrogen-bond donors (Lipinski definition) is 0. The summed E-state index contributed by atoms with van der Waals surface area (Å²) < 4.78 is 0. The number of aromatic nitrogens is 2. The third-order valence-electron chi connectivity index (χ3n) is 1.37. The van der Waals surface area contributed by atoms with Gasteiger partial charge < -0.3 is 4.90 Å². The molecule has 1 aromatic rings. The van der Waals surface area contributed by atoms with E-state index in [2.05, 4.69) is 38.0 Å². The largest absolute Gasteiger partial charge is 0.349 e. The minimum Gasteiger partial charge on any atom is -0.349 e. The van der Waals surface area contributed by atoms with Crippen LogP contribution in [0.5, 0.6) is 0 Å². The Morgan fingerprint density at radius 3 is 2.67 bits per heavy atom. The molecule has 12 heavy (non-hydrogen) atoms. The number of hydrogen-bond acceptors (Lipinski definition) is 4. The van der Waals surface area contributed by atoms with Crippen molar-refractivity contribution in [2.75, 3.05) is 18.5 Å². The van der Waals surface area contributed by atoms with Crippen LogP contribution in [0.15, 0.2) is 0 Å². The summed E-state index contributed by atoms with van der Waals surface area (Å²) in [6.07, 6.45) is 0. The van der Waals surface area contributed by atoms with E-state index in [1.807, 2.05) is 14.0 Å². The Labute approximate surface area is 84.9 Å². The van der Waals surface area contributed by atoms with Gasteiger partial charge in [0.05, 0.1) is 0 Å². The molecule has 0 radical (unpaired) electrons. The van der Waals surface area contributed by atoms with Crippen LogP contribution >= 0.6 is 27.3 Å². The molecule has 0 aromatic carbocycles. The molecule has 0 spiro atoms. The van der Waals surface area contributed by atoms with Crippen LogP contribution in [0.2, 0.25) is 0 Å². The van der Waals surface area contributed by atoms with E-state index >= 15 is 0 Å². The Balaban J connectivity index is 2.58. The molecule has 1 rings (SSSR count). The van der Waals surface area contributed by atoms with Crippen LogP contribution in [-0.2, 0) is 0 Å². The highest BCUT2D eigenvalue weighted by Crippen LogP contribution is 2.18. The van der Waals surface area contributed by atoms with Gasteiger partial charge in [-0.15, -0.1) is 10.2 Å². The van der Waals surface area contributed by atoms with E-state index in [1.54, 1.807) is 11.3 Å². The fourth-order valence-electron chi connectivity index (χ4n) is 0.896. The Hall–Kier alpha value is -0.160. The molecular weight excluding hydrogens is 238 g/mol. The van der Waals surface area contributed by atoms with Crippen LogP contribution in [0.1, 0.15) is 11.9 Å². The van der Waals surface area contributed by atoms with Crippen LogP contribution in [0, 0.1) is 6.92 Å². The highest BCUT2D eigenvalue weighted by Gasteiger charge is 2.08. The smallest absolute Gasteiger partial charge is 0.208 e. The van der Waals surface area contributed by atoms with E-state index in [9.17, 15) is 0 Å². The lowest BCUT2D eigenvalue weighted by Crippen LogP contribution is -2.23. The molecule has 0 aliphatic rings. The first-order chi connectivity index (χ1) is 5.59. The van der Waals surface area contributed by atoms with E-state index in [-0.39, 0.29) is 0 Å². The Bertz CT molecular complexity index is 249. The second-order valence-electron chi connectivity index (χ2n) is 2.76. The maximum atomic E-state index is 4.04. The standard InChI is InChI=1S/C7H12BrN3S/c1-5(8)4-11(3)7-10-9-6(2)12-7/h5H,4H2,1-3H3. The molecule has 0 N–H and O–H groups in total. The molecule has 3 nitrogen and oxygen atoms in total. The number of aryl methyl sites for hydroxylation is 1. The summed E-state index contributed by atoms with van der Waals surface area (Å²) in [7, 11) is 2.03. The van der Waals surface area contributed by atoms with Crippen LogP contribution in [-0.4, -0.2) is 28.6 Å². The fraction of sp³-hybridized carbons (Fsp3) is 0.714. The zero-order chi connectivity index (χ0) is 9.14. The minimum absolute atomic E-state index is 0.478. The van der Waals surface area contributed by atoms with Crippen molar-refractivity contribution >= 4 is 32.4 Å². The molecule has 0 aliphatic heterocycles. The van der Waals surface area contributed by atoms with Crippen molar-refractivity contribution < 1.29 is 0 Å². The predicted molar refractivity (Wildman–Crippen MR) is 56.3 cm³/mol. The lowest BCUT2D eigenvalue weighted by Gasteiger charge is -2.15. The van der Waals surface area contributed by atoms with Gasteiger partial charge in [-0.05, 0) is 6.92 Å². The highest BCUT2D eigenvalue weighted by molar-refractivity contribution is 9.09. The van der Waals surface area contributed by atoms with Gasteiger partial charge in [0.1, 0.15) is 5.01 Å². The molecule has 1 atom stereocenters. The minimum atomic E-state index is 0.478. The van der Waals surface area contributed by atoms with Gasteiger partial charge in [-0.2, -0.15) is 0 Å². The van der Waals surface area contributed by atoms with E-state index in [0.29, 0.717) is 4.83 Å². The van der Waals surface area contributed by atoms with Gasteiger partial charge in [0, 0.05) is 18.4 Å². The van der Waals surface area contributed by atoms with E-state index in [0.717, 1.165) is 16.7 Å². The van der Waals surface area contributed by atoms with Crippen LogP contribution < -0.4 is 4.90 Å². The first-order valence-corrected chi connectivity index (χ1v) is 5.48. The van der Waals surface area contributed by atoms with E-state index in [4.69, 9.17) is 0 Å². The molecule has 1 aromatic heterocycles. The first kappa shape index (κ1) is 9.92. The SMILES string of the molecule is Cc1nnc(N(C)CC(C)Br)s1. The molecule has 0 saturated heterocycles. The monoisotopic (exact) mass is 249 g/mol. The Morgan fingerprint density at radius 1 is 1.58 bits per heavy atom. The summed E-state index contributed by atoms with van der Waals surface area (Å²) in [5.41, 5.74) is 0. The number of alkyl halides is 1. The molecule has 1 unspecified atom stereocenters. The zero-order valence-corrected chi connectivity index (χ0v) is 9.81. The van der Waals surface area contributed by atoms with Crippen LogP contribution in [0.4, 0.5) is 5.13 Å². The summed E-state index contributed by atoms with van der Waals surface area (Å²) in [4.78, 5) is 2.58. The zero-order valence-electron chi connectivity index (χ0n) is 7.41. The average Bonchev–Trinajstić information content (AvgIpc) is 2.34. The number of nitrogens with zero attached hydrogens (tertiary/aromatic N) is 3. The van der Waals surface area contributed by atoms with Gasteiger partial charge in [-0.25, -0.2) is 0 Å². The summed E-state index contributed by atoms with van der Waals surface area (Å²) >= 11 is 5.11. The van der Waals surface area contributed by atoms with Crippen molar-refractivity contribution in [1.82, 2.24) is 10.2 Å². The molecule has 0 aliphatic carbocycles. The summed E-state index contributed by atoms with van der Waals surface area (Å²) in [6, 6.07) is 0. The van der Waals surface area contributed by atoms with Gasteiger partial charge in [0.2, 0.25) is 5.13 Å². The molecule has 0 bridgehead atoms.